The van der Waals surface area contributed by atoms with Gasteiger partial charge in [0.05, 0.1) is 7.11 Å². The van der Waals surface area contributed by atoms with Crippen molar-refractivity contribution >= 4 is 20.4 Å². The van der Waals surface area contributed by atoms with Crippen LogP contribution >= 0.6 is 0 Å². The average Bonchev–Trinajstić information content (AvgIpc) is 3.22. The molecule has 1 atom stereocenters. The van der Waals surface area contributed by atoms with Crippen LogP contribution in [-0.4, -0.2) is 46.0 Å². The molecule has 3 rings (SSSR count). The van der Waals surface area contributed by atoms with Gasteiger partial charge < -0.3 is 9.16 Å². The highest BCUT2D eigenvalue weighted by Gasteiger charge is 2.37. The Bertz CT molecular complexity index is 1040. The van der Waals surface area contributed by atoms with E-state index in [2.05, 4.69) is 88.2 Å². The number of benzene rings is 2. The van der Waals surface area contributed by atoms with E-state index in [9.17, 15) is 4.79 Å². The molecule has 0 heterocycles. The summed E-state index contributed by atoms with van der Waals surface area (Å²) < 4.78 is 11.3. The molecule has 4 nitrogen and oxygen atoms in total. The molecule has 0 amide bonds. The highest BCUT2D eigenvalue weighted by atomic mass is 28.4. The number of carbonyl (C=O) groups is 1. The van der Waals surface area contributed by atoms with Crippen molar-refractivity contribution in [3.63, 3.8) is 0 Å². The number of carbonyl (C=O) groups excluding carboxylic acids is 1. The lowest BCUT2D eigenvalue weighted by Crippen LogP contribution is -2.43. The van der Waals surface area contributed by atoms with E-state index in [1.54, 1.807) is 0 Å². The predicted molar refractivity (Wildman–Crippen MR) is 148 cm³/mol. The Kier molecular flexibility index (Phi) is 9.14. The number of methoxy groups -OCH3 is 1. The number of ether oxygens (including phenoxy) is 1. The second kappa shape index (κ2) is 11.7. The molecule has 1 aliphatic rings. The lowest BCUT2D eigenvalue weighted by Gasteiger charge is -2.37. The van der Waals surface area contributed by atoms with E-state index in [1.807, 2.05) is 6.08 Å². The van der Waals surface area contributed by atoms with Crippen LogP contribution in [0.25, 0.3) is 6.08 Å². The lowest BCUT2D eigenvalue weighted by atomic mass is 10.0. The molecule has 35 heavy (non-hydrogen) atoms. The fraction of sp³-hybridized carbons (Fsp3) is 0.500. The number of nitrogens with zero attached hydrogens (tertiary/aromatic N) is 1. The van der Waals surface area contributed by atoms with Crippen molar-refractivity contribution in [2.45, 2.75) is 71.1 Å². The quantitative estimate of drug-likeness (QED) is 0.209. The molecule has 2 aromatic carbocycles. The predicted octanol–water partition coefficient (Wildman–Crippen LogP) is 6.74. The maximum Gasteiger partial charge on any atom is 0.330 e. The van der Waals surface area contributed by atoms with Gasteiger partial charge in [-0.2, -0.15) is 0 Å². The molecule has 190 valence electrons. The number of hydrogen-bond donors (Lipinski definition) is 0. The summed E-state index contributed by atoms with van der Waals surface area (Å²) in [6, 6.07) is 15.8. The summed E-state index contributed by atoms with van der Waals surface area (Å²) in [6.07, 6.45) is 6.54. The van der Waals surface area contributed by atoms with Crippen molar-refractivity contribution in [1.82, 2.24) is 4.90 Å². The topological polar surface area (TPSA) is 38.8 Å². The van der Waals surface area contributed by atoms with Gasteiger partial charge in [0.25, 0.3) is 0 Å². The SMILES string of the molecule is COC(=O)C=Cc1ccc2c(c1)CCC2N(CCO[Si](C)(C)C(C)(C)C)CCc1cccc(C)c1. The van der Waals surface area contributed by atoms with Crippen molar-refractivity contribution in [3.8, 4) is 0 Å². The Morgan fingerprint density at radius 3 is 2.60 bits per heavy atom. The number of aryl methyl sites for hydroxylation is 2. The van der Waals surface area contributed by atoms with Crippen LogP contribution in [0, 0.1) is 6.92 Å². The van der Waals surface area contributed by atoms with E-state index in [0.717, 1.165) is 44.5 Å². The van der Waals surface area contributed by atoms with Crippen LogP contribution < -0.4 is 0 Å². The molecule has 0 aromatic heterocycles. The molecular weight excluding hydrogens is 450 g/mol. The summed E-state index contributed by atoms with van der Waals surface area (Å²) in [7, 11) is -0.376. The van der Waals surface area contributed by atoms with Crippen LogP contribution in [0.5, 0.6) is 0 Å². The fourth-order valence-electron chi connectivity index (χ4n) is 4.53. The molecule has 0 fully saturated rings. The van der Waals surface area contributed by atoms with E-state index in [-0.39, 0.29) is 11.0 Å². The standard InChI is InChI=1S/C30H43NO3Si/c1-23-9-8-10-24(21-23)17-18-31(19-20-34-35(6,7)30(2,3)4)28-15-13-26-22-25(11-14-27(26)28)12-16-29(32)33-5/h8-12,14,16,21-22,28H,13,15,17-20H2,1-7H3. The van der Waals surface area contributed by atoms with E-state index < -0.39 is 8.32 Å². The van der Waals surface area contributed by atoms with Gasteiger partial charge in [0.2, 0.25) is 0 Å². The van der Waals surface area contributed by atoms with Crippen molar-refractivity contribution in [1.29, 1.82) is 0 Å². The molecule has 5 heteroatoms. The molecule has 1 unspecified atom stereocenters. The molecular formula is C30H43NO3Si. The zero-order valence-electron chi connectivity index (χ0n) is 22.7. The van der Waals surface area contributed by atoms with Crippen LogP contribution in [0.1, 0.15) is 61.1 Å². The van der Waals surface area contributed by atoms with E-state index in [0.29, 0.717) is 6.04 Å². The Hall–Kier alpha value is -2.21. The minimum atomic E-state index is -1.78. The van der Waals surface area contributed by atoms with E-state index >= 15 is 0 Å². The van der Waals surface area contributed by atoms with Gasteiger partial charge in [0.15, 0.2) is 8.32 Å². The summed E-state index contributed by atoms with van der Waals surface area (Å²) >= 11 is 0. The van der Waals surface area contributed by atoms with Gasteiger partial charge in [0, 0.05) is 31.8 Å². The molecule has 0 saturated carbocycles. The molecule has 0 radical (unpaired) electrons. The molecule has 0 bridgehead atoms. The summed E-state index contributed by atoms with van der Waals surface area (Å²) in [6.45, 7) is 16.4. The Morgan fingerprint density at radius 1 is 1.14 bits per heavy atom. The first-order valence-electron chi connectivity index (χ1n) is 12.8. The van der Waals surface area contributed by atoms with Crippen LogP contribution in [-0.2, 0) is 26.8 Å². The highest BCUT2D eigenvalue weighted by Crippen LogP contribution is 2.38. The second-order valence-electron chi connectivity index (χ2n) is 11.3. The molecule has 0 N–H and O–H groups in total. The van der Waals surface area contributed by atoms with Gasteiger partial charge in [0.1, 0.15) is 0 Å². The third-order valence-electron chi connectivity index (χ3n) is 7.68. The van der Waals surface area contributed by atoms with E-state index in [1.165, 1.54) is 35.4 Å². The van der Waals surface area contributed by atoms with Crippen molar-refractivity contribution in [2.24, 2.45) is 0 Å². The molecule has 1 aliphatic carbocycles. The van der Waals surface area contributed by atoms with Crippen LogP contribution in [0.2, 0.25) is 18.1 Å². The first-order chi connectivity index (χ1) is 16.5. The summed E-state index contributed by atoms with van der Waals surface area (Å²) in [4.78, 5) is 14.1. The number of rotatable bonds is 10. The molecule has 0 saturated heterocycles. The fourth-order valence-corrected chi connectivity index (χ4v) is 5.56. The molecule has 0 aliphatic heterocycles. The van der Waals surface area contributed by atoms with Crippen molar-refractivity contribution in [2.75, 3.05) is 26.8 Å². The number of fused-ring (bicyclic) bond motifs is 1. The molecule has 0 spiro atoms. The molecule has 2 aromatic rings. The first-order valence-corrected chi connectivity index (χ1v) is 15.7. The third kappa shape index (κ3) is 7.39. The smallest absolute Gasteiger partial charge is 0.330 e. The maximum absolute atomic E-state index is 11.5. The average molecular weight is 494 g/mol. The first kappa shape index (κ1) is 27.4. The number of hydrogen-bond acceptors (Lipinski definition) is 4. The van der Waals surface area contributed by atoms with E-state index in [4.69, 9.17) is 9.16 Å². The van der Waals surface area contributed by atoms with Gasteiger partial charge in [-0.25, -0.2) is 4.79 Å². The summed E-state index contributed by atoms with van der Waals surface area (Å²) in [5.74, 6) is -0.326. The summed E-state index contributed by atoms with van der Waals surface area (Å²) in [5, 5.41) is 0.216. The van der Waals surface area contributed by atoms with Gasteiger partial charge in [-0.1, -0.05) is 68.8 Å². The summed E-state index contributed by atoms with van der Waals surface area (Å²) in [5.41, 5.74) is 6.54. The van der Waals surface area contributed by atoms with Gasteiger partial charge in [-0.05, 0) is 72.6 Å². The Labute approximate surface area is 213 Å². The normalized spacial score (nSPS) is 16.2. The van der Waals surface area contributed by atoms with Gasteiger partial charge in [-0.3, -0.25) is 4.90 Å². The van der Waals surface area contributed by atoms with Gasteiger partial charge in [-0.15, -0.1) is 0 Å². The Balaban J connectivity index is 1.76. The largest absolute Gasteiger partial charge is 0.466 e. The monoisotopic (exact) mass is 493 g/mol. The van der Waals surface area contributed by atoms with Gasteiger partial charge >= 0.3 is 5.97 Å². The highest BCUT2D eigenvalue weighted by molar-refractivity contribution is 6.74. The zero-order chi connectivity index (χ0) is 25.6. The lowest BCUT2D eigenvalue weighted by molar-refractivity contribution is -0.134. The second-order valence-corrected chi connectivity index (χ2v) is 16.1. The zero-order valence-corrected chi connectivity index (χ0v) is 23.7. The minimum absolute atomic E-state index is 0.216. The van der Waals surface area contributed by atoms with Crippen LogP contribution in [0.15, 0.2) is 48.5 Å². The minimum Gasteiger partial charge on any atom is -0.466 e. The Morgan fingerprint density at radius 2 is 1.91 bits per heavy atom. The van der Waals surface area contributed by atoms with Crippen LogP contribution in [0.3, 0.4) is 0 Å². The number of esters is 1. The van der Waals surface area contributed by atoms with Crippen LogP contribution in [0.4, 0.5) is 0 Å². The third-order valence-corrected chi connectivity index (χ3v) is 12.2. The van der Waals surface area contributed by atoms with Crippen molar-refractivity contribution < 1.29 is 14.0 Å². The maximum atomic E-state index is 11.5. The van der Waals surface area contributed by atoms with Crippen molar-refractivity contribution in [3.05, 3.63) is 76.4 Å².